The van der Waals surface area contributed by atoms with Crippen molar-refractivity contribution in [1.29, 1.82) is 0 Å². The number of thioether (sulfide) groups is 1. The van der Waals surface area contributed by atoms with Gasteiger partial charge in [-0.3, -0.25) is 9.67 Å². The van der Waals surface area contributed by atoms with Crippen molar-refractivity contribution in [2.75, 3.05) is 5.75 Å². The molecule has 3 rings (SSSR count). The van der Waals surface area contributed by atoms with Gasteiger partial charge < -0.3 is 0 Å². The topological polar surface area (TPSA) is 33.6 Å². The molecule has 24 heavy (non-hydrogen) atoms. The van der Waals surface area contributed by atoms with Gasteiger partial charge in [-0.05, 0) is 23.8 Å². The van der Waals surface area contributed by atoms with Crippen LogP contribution < -0.4 is 0 Å². The van der Waals surface area contributed by atoms with Crippen LogP contribution >= 0.6 is 24.0 Å². The molecule has 0 unspecified atom stereocenters. The van der Waals surface area contributed by atoms with E-state index in [9.17, 15) is 8.78 Å². The van der Waals surface area contributed by atoms with Crippen LogP contribution in [0.15, 0.2) is 48.5 Å². The van der Waals surface area contributed by atoms with Crippen molar-refractivity contribution in [1.82, 2.24) is 14.8 Å². The van der Waals surface area contributed by atoms with Crippen LogP contribution in [0.1, 0.15) is 5.56 Å². The highest BCUT2D eigenvalue weighted by Gasteiger charge is 2.09. The van der Waals surface area contributed by atoms with Gasteiger partial charge >= 0.3 is 0 Å². The Labute approximate surface area is 147 Å². The molecule has 2 aromatic carbocycles. The van der Waals surface area contributed by atoms with E-state index in [0.717, 1.165) is 23.2 Å². The van der Waals surface area contributed by atoms with E-state index in [-0.39, 0.29) is 0 Å². The summed E-state index contributed by atoms with van der Waals surface area (Å²) in [5, 5.41) is 7.10. The van der Waals surface area contributed by atoms with Gasteiger partial charge in [-0.1, -0.05) is 36.4 Å². The van der Waals surface area contributed by atoms with Gasteiger partial charge in [0.2, 0.25) is 0 Å². The first-order valence-electron chi connectivity index (χ1n) is 7.37. The van der Waals surface area contributed by atoms with Gasteiger partial charge in [0, 0.05) is 29.7 Å². The summed E-state index contributed by atoms with van der Waals surface area (Å²) in [5.41, 5.74) is 1.49. The molecule has 0 bridgehead atoms. The van der Waals surface area contributed by atoms with Crippen molar-refractivity contribution < 1.29 is 8.78 Å². The summed E-state index contributed by atoms with van der Waals surface area (Å²) in [6, 6.07) is 13.5. The average Bonchev–Trinajstić information content (AvgIpc) is 2.95. The molecule has 0 fully saturated rings. The number of nitrogens with zero attached hydrogens (tertiary/aromatic N) is 2. The number of aromatic nitrogens is 3. The number of halogens is 2. The summed E-state index contributed by atoms with van der Waals surface area (Å²) in [7, 11) is 0. The summed E-state index contributed by atoms with van der Waals surface area (Å²) in [6.45, 7) is 0.660. The van der Waals surface area contributed by atoms with Crippen LogP contribution in [-0.2, 0) is 12.3 Å². The Morgan fingerprint density at radius 2 is 1.92 bits per heavy atom. The van der Waals surface area contributed by atoms with Crippen molar-refractivity contribution in [3.05, 3.63) is 70.5 Å². The Hall–Kier alpha value is -1.99. The van der Waals surface area contributed by atoms with Crippen molar-refractivity contribution in [3.8, 4) is 11.4 Å². The molecule has 1 N–H and O–H groups in total. The van der Waals surface area contributed by atoms with Crippen molar-refractivity contribution in [2.45, 2.75) is 12.3 Å². The zero-order chi connectivity index (χ0) is 16.9. The predicted molar refractivity (Wildman–Crippen MR) is 95.4 cm³/mol. The number of H-pyrrole nitrogens is 1. The van der Waals surface area contributed by atoms with Gasteiger partial charge in [0.25, 0.3) is 0 Å². The molecule has 0 atom stereocenters. The summed E-state index contributed by atoms with van der Waals surface area (Å²) in [6.07, 6.45) is 0. The molecule has 1 heterocycles. The van der Waals surface area contributed by atoms with E-state index < -0.39 is 11.6 Å². The first-order valence-corrected chi connectivity index (χ1v) is 8.94. The smallest absolute Gasteiger partial charge is 0.195 e. The third-order valence-corrected chi connectivity index (χ3v) is 4.82. The van der Waals surface area contributed by atoms with Crippen LogP contribution in [0.25, 0.3) is 11.4 Å². The lowest BCUT2D eigenvalue weighted by Crippen LogP contribution is -2.03. The van der Waals surface area contributed by atoms with Crippen LogP contribution in [-0.4, -0.2) is 20.5 Å². The Balaban J connectivity index is 1.63. The van der Waals surface area contributed by atoms with Crippen LogP contribution in [0, 0.1) is 16.4 Å². The second kappa shape index (κ2) is 7.72. The van der Waals surface area contributed by atoms with Gasteiger partial charge in [0.1, 0.15) is 11.6 Å². The minimum Gasteiger partial charge on any atom is -0.299 e. The van der Waals surface area contributed by atoms with E-state index in [1.165, 1.54) is 12.1 Å². The Morgan fingerprint density at radius 3 is 2.67 bits per heavy atom. The molecular formula is C17H15F2N3S2. The van der Waals surface area contributed by atoms with E-state index in [4.69, 9.17) is 12.2 Å². The molecular weight excluding hydrogens is 348 g/mol. The summed E-state index contributed by atoms with van der Waals surface area (Å²) in [5.74, 6) is 0.947. The van der Waals surface area contributed by atoms with Gasteiger partial charge in [0.05, 0.1) is 0 Å². The summed E-state index contributed by atoms with van der Waals surface area (Å²) in [4.78, 5) is 0. The van der Waals surface area contributed by atoms with Crippen LogP contribution in [0.5, 0.6) is 0 Å². The predicted octanol–water partition coefficient (Wildman–Crippen LogP) is 4.82. The number of hydrogen-bond donors (Lipinski definition) is 1. The second-order valence-electron chi connectivity index (χ2n) is 5.16. The molecule has 0 radical (unpaired) electrons. The second-order valence-corrected chi connectivity index (χ2v) is 6.65. The number of aromatic amines is 1. The standard InChI is InChI=1S/C17H15F2N3S2/c18-14-7-6-13(15(19)10-14)11-24-9-8-22-16(20-21-17(22)23)12-4-2-1-3-5-12/h1-7,10H,8-9,11H2,(H,21,23). The first kappa shape index (κ1) is 16.9. The third-order valence-electron chi connectivity index (χ3n) is 3.52. The minimum atomic E-state index is -0.557. The van der Waals surface area contributed by atoms with Crippen molar-refractivity contribution in [2.24, 2.45) is 0 Å². The maximum Gasteiger partial charge on any atom is 0.195 e. The van der Waals surface area contributed by atoms with E-state index in [1.54, 1.807) is 11.8 Å². The highest BCUT2D eigenvalue weighted by Crippen LogP contribution is 2.20. The molecule has 0 aliphatic rings. The van der Waals surface area contributed by atoms with E-state index in [2.05, 4.69) is 10.2 Å². The minimum absolute atomic E-state index is 0.484. The zero-order valence-electron chi connectivity index (χ0n) is 12.7. The Morgan fingerprint density at radius 1 is 1.12 bits per heavy atom. The lowest BCUT2D eigenvalue weighted by molar-refractivity contribution is 0.576. The number of hydrogen-bond acceptors (Lipinski definition) is 3. The summed E-state index contributed by atoms with van der Waals surface area (Å²) < 4.78 is 29.0. The van der Waals surface area contributed by atoms with E-state index >= 15 is 0 Å². The highest BCUT2D eigenvalue weighted by molar-refractivity contribution is 7.98. The van der Waals surface area contributed by atoms with Gasteiger partial charge in [-0.15, -0.1) is 0 Å². The molecule has 0 amide bonds. The largest absolute Gasteiger partial charge is 0.299 e. The quantitative estimate of drug-likeness (QED) is 0.504. The van der Waals surface area contributed by atoms with Gasteiger partial charge in [-0.25, -0.2) is 8.78 Å². The van der Waals surface area contributed by atoms with Crippen LogP contribution in [0.4, 0.5) is 8.78 Å². The molecule has 3 aromatic rings. The number of nitrogens with one attached hydrogen (secondary N) is 1. The first-order chi connectivity index (χ1) is 11.6. The van der Waals surface area contributed by atoms with Crippen molar-refractivity contribution in [3.63, 3.8) is 0 Å². The normalized spacial score (nSPS) is 10.9. The maximum atomic E-state index is 13.6. The molecule has 3 nitrogen and oxygen atoms in total. The molecule has 124 valence electrons. The lowest BCUT2D eigenvalue weighted by Gasteiger charge is -2.07. The van der Waals surface area contributed by atoms with Crippen LogP contribution in [0.2, 0.25) is 0 Å². The van der Waals surface area contributed by atoms with Gasteiger partial charge in [0.15, 0.2) is 10.6 Å². The fourth-order valence-electron chi connectivity index (χ4n) is 2.31. The van der Waals surface area contributed by atoms with Crippen molar-refractivity contribution >= 4 is 24.0 Å². The molecule has 0 saturated heterocycles. The van der Waals surface area contributed by atoms with E-state index in [1.807, 2.05) is 34.9 Å². The van der Waals surface area contributed by atoms with E-state index in [0.29, 0.717) is 22.6 Å². The van der Waals surface area contributed by atoms with Gasteiger partial charge in [-0.2, -0.15) is 16.9 Å². The molecule has 0 spiro atoms. The fourth-order valence-corrected chi connectivity index (χ4v) is 3.44. The summed E-state index contributed by atoms with van der Waals surface area (Å²) >= 11 is 6.85. The zero-order valence-corrected chi connectivity index (χ0v) is 14.3. The SMILES string of the molecule is Fc1ccc(CSCCn2c(-c3ccccc3)n[nH]c2=S)c(F)c1. The van der Waals surface area contributed by atoms with Crippen LogP contribution in [0.3, 0.4) is 0 Å². The Kier molecular flexibility index (Phi) is 5.42. The fraction of sp³-hybridized carbons (Fsp3) is 0.176. The molecule has 7 heteroatoms. The monoisotopic (exact) mass is 363 g/mol. The molecule has 0 aliphatic heterocycles. The molecule has 1 aromatic heterocycles. The molecule has 0 saturated carbocycles. The molecule has 0 aliphatic carbocycles. The highest BCUT2D eigenvalue weighted by atomic mass is 32.2. The number of rotatable bonds is 6. The Bertz CT molecular complexity index is 875. The number of benzene rings is 2. The average molecular weight is 363 g/mol. The third kappa shape index (κ3) is 3.91. The lowest BCUT2D eigenvalue weighted by atomic mass is 10.2. The maximum absolute atomic E-state index is 13.6.